The molecule has 0 radical (unpaired) electrons. The summed E-state index contributed by atoms with van der Waals surface area (Å²) in [4.78, 5) is 6.25. The van der Waals surface area contributed by atoms with Gasteiger partial charge in [0.25, 0.3) is 10.0 Å². The van der Waals surface area contributed by atoms with E-state index >= 15 is 0 Å². The van der Waals surface area contributed by atoms with E-state index in [1.165, 1.54) is 0 Å². The fourth-order valence-electron chi connectivity index (χ4n) is 3.00. The highest BCUT2D eigenvalue weighted by Crippen LogP contribution is 2.24. The van der Waals surface area contributed by atoms with Crippen molar-refractivity contribution in [2.45, 2.75) is 24.3 Å². The lowest BCUT2D eigenvalue weighted by molar-refractivity contribution is 0.598. The predicted octanol–water partition coefficient (Wildman–Crippen LogP) is 1.81. The summed E-state index contributed by atoms with van der Waals surface area (Å²) in [6, 6.07) is 9.94. The van der Waals surface area contributed by atoms with Gasteiger partial charge in [-0.15, -0.1) is 0 Å². The number of pyridine rings is 1. The topological polar surface area (TPSA) is 96.4 Å². The molecule has 0 amide bonds. The number of nitrogens with zero attached hydrogens (tertiary/aromatic N) is 2. The first kappa shape index (κ1) is 18.7. The molecular weight excluding hydrogens is 374 g/mol. The summed E-state index contributed by atoms with van der Waals surface area (Å²) in [6.07, 6.45) is 2.13. The van der Waals surface area contributed by atoms with Gasteiger partial charge < -0.3 is 4.90 Å². The number of nitrogens with one attached hydrogen (secondary N) is 1. The van der Waals surface area contributed by atoms with E-state index in [9.17, 15) is 16.8 Å². The average Bonchev–Trinajstić information content (AvgIpc) is 2.95. The van der Waals surface area contributed by atoms with Crippen LogP contribution >= 0.6 is 0 Å². The zero-order valence-electron chi connectivity index (χ0n) is 14.6. The molecule has 3 rings (SSSR count). The summed E-state index contributed by atoms with van der Waals surface area (Å²) in [5.74, 6) is 0.541. The maximum Gasteiger partial charge on any atom is 0.263 e. The first-order chi connectivity index (χ1) is 12.2. The second-order valence-electron chi connectivity index (χ2n) is 6.44. The molecule has 9 heteroatoms. The third-order valence-electron chi connectivity index (χ3n) is 4.53. The minimum absolute atomic E-state index is 0.0867. The van der Waals surface area contributed by atoms with E-state index in [2.05, 4.69) is 9.71 Å². The van der Waals surface area contributed by atoms with Crippen LogP contribution in [-0.4, -0.2) is 46.4 Å². The molecule has 26 heavy (non-hydrogen) atoms. The van der Waals surface area contributed by atoms with Gasteiger partial charge >= 0.3 is 0 Å². The van der Waals surface area contributed by atoms with Crippen molar-refractivity contribution in [3.8, 4) is 0 Å². The van der Waals surface area contributed by atoms with Crippen LogP contribution in [0.15, 0.2) is 47.5 Å². The lowest BCUT2D eigenvalue weighted by Crippen LogP contribution is -2.32. The summed E-state index contributed by atoms with van der Waals surface area (Å²) in [5.41, 5.74) is 1.39. The van der Waals surface area contributed by atoms with Crippen LogP contribution in [0.4, 0.5) is 11.5 Å². The van der Waals surface area contributed by atoms with Crippen LogP contribution in [0, 0.1) is 6.92 Å². The largest absolute Gasteiger partial charge is 0.369 e. The molecule has 2 heterocycles. The van der Waals surface area contributed by atoms with Gasteiger partial charge in [-0.05, 0) is 37.1 Å². The van der Waals surface area contributed by atoms with Gasteiger partial charge in [0, 0.05) is 13.1 Å². The normalized spacial score (nSPS) is 19.2. The lowest BCUT2D eigenvalue weighted by Gasteiger charge is -2.25. The molecule has 1 atom stereocenters. The first-order valence-electron chi connectivity index (χ1n) is 8.16. The fourth-order valence-corrected chi connectivity index (χ4v) is 6.03. The van der Waals surface area contributed by atoms with E-state index in [1.54, 1.807) is 49.5 Å². The maximum atomic E-state index is 12.5. The fraction of sp³-hybridized carbons (Fsp3) is 0.353. The van der Waals surface area contributed by atoms with E-state index in [1.807, 2.05) is 11.9 Å². The number of sulfone groups is 1. The number of hydrogen-bond donors (Lipinski definition) is 1. The molecule has 1 unspecified atom stereocenters. The van der Waals surface area contributed by atoms with Crippen molar-refractivity contribution in [1.82, 2.24) is 4.98 Å². The van der Waals surface area contributed by atoms with Crippen LogP contribution in [0.2, 0.25) is 0 Å². The molecule has 0 aliphatic carbocycles. The van der Waals surface area contributed by atoms with Gasteiger partial charge in [0.2, 0.25) is 0 Å². The molecule has 1 aliphatic heterocycles. The minimum Gasteiger partial charge on any atom is -0.369 e. The Bertz CT molecular complexity index is 1000. The molecule has 140 valence electrons. The second-order valence-corrected chi connectivity index (χ2v) is 10.3. The maximum absolute atomic E-state index is 12.5. The molecule has 2 aromatic rings. The van der Waals surface area contributed by atoms with Crippen LogP contribution in [0.3, 0.4) is 0 Å². The summed E-state index contributed by atoms with van der Waals surface area (Å²) in [5, 5.41) is 0. The van der Waals surface area contributed by atoms with Gasteiger partial charge in [-0.2, -0.15) is 0 Å². The summed E-state index contributed by atoms with van der Waals surface area (Å²) < 4.78 is 50.7. The zero-order valence-corrected chi connectivity index (χ0v) is 16.2. The Labute approximate surface area is 154 Å². The van der Waals surface area contributed by atoms with Gasteiger partial charge in [-0.25, -0.2) is 21.8 Å². The van der Waals surface area contributed by atoms with Gasteiger partial charge in [0.1, 0.15) is 5.82 Å². The Morgan fingerprint density at radius 1 is 1.19 bits per heavy atom. The quantitative estimate of drug-likeness (QED) is 0.829. The Kier molecular flexibility index (Phi) is 4.94. The van der Waals surface area contributed by atoms with Crippen LogP contribution in [-0.2, 0) is 19.9 Å². The Balaban J connectivity index is 1.75. The highest BCUT2D eigenvalue weighted by atomic mass is 32.2. The van der Waals surface area contributed by atoms with Crippen LogP contribution in [0.25, 0.3) is 0 Å². The molecule has 1 aliphatic rings. The standard InChI is InChI=1S/C17H21N3O4S2/c1-13-5-3-4-6-16(13)26(23,24)19-17-8-7-14(11-18-17)20(2)15-9-10-25(21,22)12-15/h3-8,11,15H,9-10,12H2,1-2H3,(H,18,19). The van der Waals surface area contributed by atoms with Gasteiger partial charge in [0.15, 0.2) is 9.84 Å². The Morgan fingerprint density at radius 2 is 1.92 bits per heavy atom. The van der Waals surface area contributed by atoms with E-state index in [0.717, 1.165) is 5.69 Å². The van der Waals surface area contributed by atoms with Crippen molar-refractivity contribution in [1.29, 1.82) is 0 Å². The molecule has 1 aromatic carbocycles. The Hall–Kier alpha value is -2.13. The molecule has 0 spiro atoms. The number of aromatic nitrogens is 1. The highest BCUT2D eigenvalue weighted by Gasteiger charge is 2.31. The number of hydrogen-bond acceptors (Lipinski definition) is 6. The molecule has 7 nitrogen and oxygen atoms in total. The van der Waals surface area contributed by atoms with E-state index in [4.69, 9.17) is 0 Å². The van der Waals surface area contributed by atoms with Crippen molar-refractivity contribution in [2.75, 3.05) is 28.2 Å². The van der Waals surface area contributed by atoms with Gasteiger partial charge in [-0.3, -0.25) is 4.72 Å². The first-order valence-corrected chi connectivity index (χ1v) is 11.5. The number of anilines is 2. The smallest absolute Gasteiger partial charge is 0.263 e. The molecule has 0 saturated carbocycles. The number of benzene rings is 1. The molecular formula is C17H21N3O4S2. The SMILES string of the molecule is Cc1ccccc1S(=O)(=O)Nc1ccc(N(C)C2CCS(=O)(=O)C2)cn1. The van der Waals surface area contributed by atoms with Crippen LogP contribution < -0.4 is 9.62 Å². The predicted molar refractivity (Wildman–Crippen MR) is 102 cm³/mol. The monoisotopic (exact) mass is 395 g/mol. The van der Waals surface area contributed by atoms with Crippen molar-refractivity contribution >= 4 is 31.4 Å². The van der Waals surface area contributed by atoms with Crippen LogP contribution in [0.1, 0.15) is 12.0 Å². The molecule has 1 aromatic heterocycles. The van der Waals surface area contributed by atoms with Crippen molar-refractivity contribution in [2.24, 2.45) is 0 Å². The van der Waals surface area contributed by atoms with Crippen molar-refractivity contribution in [3.63, 3.8) is 0 Å². The average molecular weight is 396 g/mol. The zero-order chi connectivity index (χ0) is 18.9. The third kappa shape index (κ3) is 3.99. The number of rotatable bonds is 5. The summed E-state index contributed by atoms with van der Waals surface area (Å²) >= 11 is 0. The van der Waals surface area contributed by atoms with E-state index < -0.39 is 19.9 Å². The molecule has 0 bridgehead atoms. The highest BCUT2D eigenvalue weighted by molar-refractivity contribution is 7.92. The third-order valence-corrected chi connectivity index (χ3v) is 7.80. The van der Waals surface area contributed by atoms with Gasteiger partial charge in [-0.1, -0.05) is 18.2 Å². The molecule has 1 N–H and O–H groups in total. The second kappa shape index (κ2) is 6.88. The Morgan fingerprint density at radius 3 is 2.50 bits per heavy atom. The number of sulfonamides is 1. The summed E-state index contributed by atoms with van der Waals surface area (Å²) in [7, 11) is -4.86. The molecule has 1 saturated heterocycles. The number of aryl methyl sites for hydroxylation is 1. The summed E-state index contributed by atoms with van der Waals surface area (Å²) in [6.45, 7) is 1.73. The van der Waals surface area contributed by atoms with Gasteiger partial charge in [0.05, 0.1) is 28.3 Å². The van der Waals surface area contributed by atoms with Crippen molar-refractivity contribution < 1.29 is 16.8 Å². The lowest BCUT2D eigenvalue weighted by atomic mass is 10.2. The van der Waals surface area contributed by atoms with E-state index in [-0.39, 0.29) is 28.3 Å². The minimum atomic E-state index is -3.71. The van der Waals surface area contributed by atoms with E-state index in [0.29, 0.717) is 12.0 Å². The molecule has 1 fully saturated rings. The van der Waals surface area contributed by atoms with Crippen LogP contribution in [0.5, 0.6) is 0 Å². The van der Waals surface area contributed by atoms with Crippen molar-refractivity contribution in [3.05, 3.63) is 48.2 Å².